The van der Waals surface area contributed by atoms with Crippen molar-refractivity contribution in [1.29, 1.82) is 0 Å². The van der Waals surface area contributed by atoms with Gasteiger partial charge in [-0.3, -0.25) is 9.69 Å². The van der Waals surface area contributed by atoms with Crippen LogP contribution in [0.25, 0.3) is 10.9 Å². The Morgan fingerprint density at radius 3 is 3.10 bits per heavy atom. The molecule has 21 heavy (non-hydrogen) atoms. The summed E-state index contributed by atoms with van der Waals surface area (Å²) in [6, 6.07) is 8.74. The number of rotatable bonds is 2. The largest absolute Gasteiger partial charge is 0.361 e. The van der Waals surface area contributed by atoms with Crippen molar-refractivity contribution < 1.29 is 4.79 Å². The maximum atomic E-state index is 12.6. The molecule has 0 radical (unpaired) electrons. The van der Waals surface area contributed by atoms with E-state index in [0.29, 0.717) is 12.1 Å². The zero-order valence-electron chi connectivity index (χ0n) is 12.1. The highest BCUT2D eigenvalue weighted by atomic mass is 16.1. The summed E-state index contributed by atoms with van der Waals surface area (Å²) in [5.41, 5.74) is 1.69. The second kappa shape index (κ2) is 5.19. The standard InChI is InChI=1S/C17H21N3O/c21-17(13-5-3-4-12-7-9-18-16(12)13)19-14-8-11-20-10-2-1-6-15(14)20/h3-5,7,9,14-15,18H,1-2,6,8,10-11H2,(H,19,21). The lowest BCUT2D eigenvalue weighted by molar-refractivity contribution is 0.0917. The van der Waals surface area contributed by atoms with Crippen LogP contribution < -0.4 is 5.32 Å². The first-order valence-electron chi connectivity index (χ1n) is 7.94. The predicted molar refractivity (Wildman–Crippen MR) is 83.4 cm³/mol. The van der Waals surface area contributed by atoms with E-state index in [1.807, 2.05) is 30.5 Å². The normalized spacial score (nSPS) is 25.9. The molecule has 2 unspecified atom stereocenters. The fourth-order valence-electron chi connectivity index (χ4n) is 3.94. The highest BCUT2D eigenvalue weighted by Gasteiger charge is 2.36. The molecule has 4 heteroatoms. The Morgan fingerprint density at radius 1 is 1.19 bits per heavy atom. The Labute approximate surface area is 124 Å². The third-order valence-electron chi connectivity index (χ3n) is 5.00. The summed E-state index contributed by atoms with van der Waals surface area (Å²) in [5, 5.41) is 4.37. The molecule has 3 heterocycles. The molecule has 0 bridgehead atoms. The molecule has 2 aliphatic heterocycles. The average Bonchev–Trinajstić information content (AvgIpc) is 3.14. The van der Waals surface area contributed by atoms with Gasteiger partial charge in [0.25, 0.3) is 5.91 Å². The minimum absolute atomic E-state index is 0.0560. The van der Waals surface area contributed by atoms with Gasteiger partial charge in [-0.2, -0.15) is 0 Å². The van der Waals surface area contributed by atoms with Crippen molar-refractivity contribution in [3.05, 3.63) is 36.0 Å². The first kappa shape index (κ1) is 12.9. The van der Waals surface area contributed by atoms with Gasteiger partial charge in [-0.25, -0.2) is 0 Å². The Balaban J connectivity index is 1.54. The van der Waals surface area contributed by atoms with Gasteiger partial charge in [0.2, 0.25) is 0 Å². The van der Waals surface area contributed by atoms with E-state index >= 15 is 0 Å². The molecule has 2 saturated heterocycles. The van der Waals surface area contributed by atoms with E-state index in [1.54, 1.807) is 0 Å². The van der Waals surface area contributed by atoms with Gasteiger partial charge in [0.1, 0.15) is 0 Å². The number of H-pyrrole nitrogens is 1. The van der Waals surface area contributed by atoms with E-state index in [2.05, 4.69) is 15.2 Å². The van der Waals surface area contributed by atoms with Crippen LogP contribution in [0.15, 0.2) is 30.5 Å². The van der Waals surface area contributed by atoms with E-state index in [4.69, 9.17) is 0 Å². The third-order valence-corrected chi connectivity index (χ3v) is 5.00. The van der Waals surface area contributed by atoms with Crippen LogP contribution in [0.1, 0.15) is 36.0 Å². The molecular weight excluding hydrogens is 262 g/mol. The summed E-state index contributed by atoms with van der Waals surface area (Å²) < 4.78 is 0. The van der Waals surface area contributed by atoms with E-state index in [-0.39, 0.29) is 5.91 Å². The second-order valence-corrected chi connectivity index (χ2v) is 6.22. The van der Waals surface area contributed by atoms with Crippen molar-refractivity contribution in [1.82, 2.24) is 15.2 Å². The lowest BCUT2D eigenvalue weighted by Gasteiger charge is -2.32. The summed E-state index contributed by atoms with van der Waals surface area (Å²) in [6.45, 7) is 2.32. The smallest absolute Gasteiger partial charge is 0.253 e. The lowest BCUT2D eigenvalue weighted by atomic mass is 9.98. The summed E-state index contributed by atoms with van der Waals surface area (Å²) >= 11 is 0. The van der Waals surface area contributed by atoms with E-state index in [0.717, 1.165) is 29.4 Å². The van der Waals surface area contributed by atoms with Crippen molar-refractivity contribution in [2.24, 2.45) is 0 Å². The van der Waals surface area contributed by atoms with E-state index in [1.165, 1.54) is 25.8 Å². The number of carbonyl (C=O) groups excluding carboxylic acids is 1. The predicted octanol–water partition coefficient (Wildman–Crippen LogP) is 2.52. The SMILES string of the molecule is O=C(NC1CCN2CCCCC12)c1cccc2cc[nH]c12. The molecule has 2 aromatic rings. The third kappa shape index (κ3) is 2.23. The molecule has 2 N–H and O–H groups in total. The number of fused-ring (bicyclic) bond motifs is 2. The summed E-state index contributed by atoms with van der Waals surface area (Å²) in [5.74, 6) is 0.0560. The maximum absolute atomic E-state index is 12.6. The maximum Gasteiger partial charge on any atom is 0.253 e. The Hall–Kier alpha value is -1.81. The number of amides is 1. The lowest BCUT2D eigenvalue weighted by Crippen LogP contribution is -2.46. The summed E-state index contributed by atoms with van der Waals surface area (Å²) in [6.07, 6.45) is 6.79. The van der Waals surface area contributed by atoms with Crippen LogP contribution in [0.5, 0.6) is 0 Å². The number of aromatic amines is 1. The highest BCUT2D eigenvalue weighted by molar-refractivity contribution is 6.05. The number of nitrogens with one attached hydrogen (secondary N) is 2. The molecule has 1 amide bonds. The first-order valence-corrected chi connectivity index (χ1v) is 7.94. The van der Waals surface area contributed by atoms with Crippen LogP contribution in [-0.4, -0.2) is 41.0 Å². The molecule has 0 aliphatic carbocycles. The monoisotopic (exact) mass is 283 g/mol. The van der Waals surface area contributed by atoms with Crippen molar-refractivity contribution in [3.63, 3.8) is 0 Å². The fourth-order valence-corrected chi connectivity index (χ4v) is 3.94. The number of carbonyl (C=O) groups is 1. The average molecular weight is 283 g/mol. The summed E-state index contributed by atoms with van der Waals surface area (Å²) in [7, 11) is 0. The topological polar surface area (TPSA) is 48.1 Å². The number of aromatic nitrogens is 1. The van der Waals surface area contributed by atoms with Crippen molar-refractivity contribution in [3.8, 4) is 0 Å². The first-order chi connectivity index (χ1) is 10.3. The van der Waals surface area contributed by atoms with E-state index < -0.39 is 0 Å². The van der Waals surface area contributed by atoms with Crippen LogP contribution in [0.2, 0.25) is 0 Å². The quantitative estimate of drug-likeness (QED) is 0.889. The second-order valence-electron chi connectivity index (χ2n) is 6.22. The Morgan fingerprint density at radius 2 is 2.14 bits per heavy atom. The van der Waals surface area contributed by atoms with Crippen molar-refractivity contribution >= 4 is 16.8 Å². The molecule has 110 valence electrons. The molecule has 0 spiro atoms. The molecule has 1 aromatic heterocycles. The van der Waals surface area contributed by atoms with Gasteiger partial charge in [0.05, 0.1) is 11.1 Å². The van der Waals surface area contributed by atoms with Crippen molar-refractivity contribution in [2.75, 3.05) is 13.1 Å². The molecule has 2 fully saturated rings. The minimum Gasteiger partial charge on any atom is -0.361 e. The van der Waals surface area contributed by atoms with Gasteiger partial charge in [-0.1, -0.05) is 18.6 Å². The Kier molecular flexibility index (Phi) is 3.19. The molecule has 4 nitrogen and oxygen atoms in total. The zero-order valence-corrected chi connectivity index (χ0v) is 12.1. The molecular formula is C17H21N3O. The van der Waals surface area contributed by atoms with Gasteiger partial charge in [-0.15, -0.1) is 0 Å². The number of benzene rings is 1. The van der Waals surface area contributed by atoms with Crippen LogP contribution >= 0.6 is 0 Å². The van der Waals surface area contributed by atoms with Crippen molar-refractivity contribution in [2.45, 2.75) is 37.8 Å². The van der Waals surface area contributed by atoms with Gasteiger partial charge < -0.3 is 10.3 Å². The Bertz CT molecular complexity index is 663. The molecule has 2 atom stereocenters. The number of nitrogens with zero attached hydrogens (tertiary/aromatic N) is 1. The molecule has 1 aromatic carbocycles. The number of piperidine rings is 1. The van der Waals surface area contributed by atoms with Crippen LogP contribution in [0.3, 0.4) is 0 Å². The van der Waals surface area contributed by atoms with Gasteiger partial charge in [0.15, 0.2) is 0 Å². The van der Waals surface area contributed by atoms with Gasteiger partial charge in [-0.05, 0) is 37.9 Å². The number of para-hydroxylation sites is 1. The molecule has 0 saturated carbocycles. The minimum atomic E-state index is 0.0560. The number of hydrogen-bond donors (Lipinski definition) is 2. The summed E-state index contributed by atoms with van der Waals surface area (Å²) in [4.78, 5) is 18.4. The molecule has 4 rings (SSSR count). The highest BCUT2D eigenvalue weighted by Crippen LogP contribution is 2.27. The number of hydrogen-bond acceptors (Lipinski definition) is 2. The van der Waals surface area contributed by atoms with Gasteiger partial charge in [0, 0.05) is 30.2 Å². The van der Waals surface area contributed by atoms with E-state index in [9.17, 15) is 4.79 Å². The fraction of sp³-hybridized carbons (Fsp3) is 0.471. The zero-order chi connectivity index (χ0) is 14.2. The van der Waals surface area contributed by atoms with Gasteiger partial charge >= 0.3 is 0 Å². The van der Waals surface area contributed by atoms with Crippen LogP contribution in [-0.2, 0) is 0 Å². The van der Waals surface area contributed by atoms with Crippen LogP contribution in [0.4, 0.5) is 0 Å². The molecule has 2 aliphatic rings. The van der Waals surface area contributed by atoms with Crippen LogP contribution in [0, 0.1) is 0 Å².